The van der Waals surface area contributed by atoms with Gasteiger partial charge < -0.3 is 5.32 Å². The molecule has 5 heterocycles. The molecule has 0 saturated carbocycles. The second-order valence-corrected chi connectivity index (χ2v) is 12.1. The van der Waals surface area contributed by atoms with Crippen molar-refractivity contribution in [2.45, 2.75) is 45.3 Å². The number of carbonyl (C=O) groups is 1. The van der Waals surface area contributed by atoms with Gasteiger partial charge in [-0.3, -0.25) is 23.8 Å². The van der Waals surface area contributed by atoms with Crippen LogP contribution in [0.25, 0.3) is 33.4 Å². The number of alkyl halides is 2. The summed E-state index contributed by atoms with van der Waals surface area (Å²) in [5.41, 5.74) is 3.74. The number of benzene rings is 2. The van der Waals surface area contributed by atoms with Crippen molar-refractivity contribution in [2.24, 2.45) is 5.92 Å². The van der Waals surface area contributed by atoms with Crippen molar-refractivity contribution in [3.05, 3.63) is 112 Å². The molecule has 0 aliphatic carbocycles. The predicted molar refractivity (Wildman–Crippen MR) is 174 cm³/mol. The fraction of sp³-hybridized carbons (Fsp3) is 0.235. The van der Waals surface area contributed by atoms with E-state index in [1.54, 1.807) is 31.3 Å². The number of pyridine rings is 1. The Labute approximate surface area is 272 Å². The standard InChI is InChI=1S/C34H29ClF2N8O2/c1-20-6-5-9-29(27-13-22(10-11-38-27)32-28(42-33(20)47)17-41-45(32)34(36)37)43-19-39-26(15-30(43)46)25-14-24(35)12-23-16-40-44(31(23)25)18-21-7-3-2-4-8-21/h2-4,7-8,10-17,19-20,29,34H,5-6,9,18H2,1H3,(H,42,47). The van der Waals surface area contributed by atoms with E-state index in [9.17, 15) is 18.4 Å². The molecule has 4 aromatic heterocycles. The number of fused-ring (bicyclic) bond motifs is 5. The summed E-state index contributed by atoms with van der Waals surface area (Å²) in [7, 11) is 0. The molecule has 13 heteroatoms. The number of hydrogen-bond acceptors (Lipinski definition) is 6. The Kier molecular flexibility index (Phi) is 8.10. The van der Waals surface area contributed by atoms with E-state index in [4.69, 9.17) is 16.6 Å². The summed E-state index contributed by atoms with van der Waals surface area (Å²) in [4.78, 5) is 36.1. The molecule has 1 aliphatic heterocycles. The maximum absolute atomic E-state index is 14.0. The summed E-state index contributed by atoms with van der Waals surface area (Å²) in [6, 6.07) is 17.6. The maximum Gasteiger partial charge on any atom is 0.333 e. The van der Waals surface area contributed by atoms with Gasteiger partial charge in [-0.1, -0.05) is 55.3 Å². The van der Waals surface area contributed by atoms with Gasteiger partial charge in [0.1, 0.15) is 0 Å². The number of halogens is 3. The Bertz CT molecular complexity index is 2160. The second kappa shape index (κ2) is 12.5. The first-order valence-corrected chi connectivity index (χ1v) is 15.5. The lowest BCUT2D eigenvalue weighted by Crippen LogP contribution is -2.27. The van der Waals surface area contributed by atoms with Gasteiger partial charge in [-0.05, 0) is 42.7 Å². The van der Waals surface area contributed by atoms with Crippen LogP contribution in [0.15, 0.2) is 90.4 Å². The molecular formula is C34H29ClF2N8O2. The van der Waals surface area contributed by atoms with E-state index in [1.807, 2.05) is 41.1 Å². The lowest BCUT2D eigenvalue weighted by molar-refractivity contribution is -0.119. The van der Waals surface area contributed by atoms with Crippen LogP contribution in [0.5, 0.6) is 0 Å². The first-order chi connectivity index (χ1) is 22.8. The fourth-order valence-electron chi connectivity index (χ4n) is 6.16. The van der Waals surface area contributed by atoms with Crippen LogP contribution in [0.1, 0.15) is 50.0 Å². The number of anilines is 1. The maximum atomic E-state index is 14.0. The number of hydrogen-bond donors (Lipinski definition) is 1. The van der Waals surface area contributed by atoms with E-state index in [0.29, 0.717) is 58.0 Å². The molecule has 238 valence electrons. The zero-order valence-corrected chi connectivity index (χ0v) is 26.0. The topological polar surface area (TPSA) is 113 Å². The van der Waals surface area contributed by atoms with E-state index in [2.05, 4.69) is 20.5 Å². The third kappa shape index (κ3) is 5.92. The highest BCUT2D eigenvalue weighted by molar-refractivity contribution is 6.31. The number of aromatic nitrogens is 7. The summed E-state index contributed by atoms with van der Waals surface area (Å²) < 4.78 is 31.9. The molecule has 1 amide bonds. The number of rotatable bonds is 5. The first-order valence-electron chi connectivity index (χ1n) is 15.2. The summed E-state index contributed by atoms with van der Waals surface area (Å²) in [5.74, 6) is -0.707. The lowest BCUT2D eigenvalue weighted by Gasteiger charge is -2.22. The summed E-state index contributed by atoms with van der Waals surface area (Å²) >= 11 is 6.50. The second-order valence-electron chi connectivity index (χ2n) is 11.6. The Morgan fingerprint density at radius 1 is 1.00 bits per heavy atom. The van der Waals surface area contributed by atoms with Crippen LogP contribution in [0.2, 0.25) is 5.02 Å². The van der Waals surface area contributed by atoms with Crippen LogP contribution >= 0.6 is 11.6 Å². The molecule has 2 aromatic carbocycles. The SMILES string of the molecule is CC1CCCC(n2cnc(-c3cc(Cl)cc4cnn(Cc5ccccc5)c34)cc2=O)c2cc(ccn2)-c2c(cnn2C(F)F)NC1=O. The van der Waals surface area contributed by atoms with Gasteiger partial charge in [0.25, 0.3) is 5.56 Å². The van der Waals surface area contributed by atoms with Crippen LogP contribution in [-0.2, 0) is 11.3 Å². The van der Waals surface area contributed by atoms with Gasteiger partial charge in [-0.15, -0.1) is 0 Å². The Morgan fingerprint density at radius 3 is 2.62 bits per heavy atom. The zero-order chi connectivity index (χ0) is 32.7. The summed E-state index contributed by atoms with van der Waals surface area (Å²) in [5, 5.41) is 12.5. The zero-order valence-electron chi connectivity index (χ0n) is 25.2. The molecule has 0 fully saturated rings. The molecule has 6 aromatic rings. The fourth-order valence-corrected chi connectivity index (χ4v) is 6.39. The minimum absolute atomic E-state index is 0.0569. The van der Waals surface area contributed by atoms with Gasteiger partial charge in [0.05, 0.1) is 59.6 Å². The average Bonchev–Trinajstić information content (AvgIpc) is 3.67. The van der Waals surface area contributed by atoms with Crippen molar-refractivity contribution < 1.29 is 13.6 Å². The Balaban J connectivity index is 1.31. The number of nitrogens with one attached hydrogen (secondary N) is 1. The van der Waals surface area contributed by atoms with Crippen molar-refractivity contribution in [1.82, 2.24) is 34.1 Å². The van der Waals surface area contributed by atoms with Gasteiger partial charge in [-0.2, -0.15) is 19.0 Å². The number of carbonyl (C=O) groups excluding carboxylic acids is 1. The van der Waals surface area contributed by atoms with Gasteiger partial charge >= 0.3 is 6.55 Å². The first kappa shape index (κ1) is 30.4. The van der Waals surface area contributed by atoms with Crippen LogP contribution in [-0.4, -0.2) is 40.0 Å². The molecule has 10 nitrogen and oxygen atoms in total. The van der Waals surface area contributed by atoms with Gasteiger partial charge in [0.2, 0.25) is 5.91 Å². The molecular weight excluding hydrogens is 626 g/mol. The van der Waals surface area contributed by atoms with E-state index in [0.717, 1.165) is 16.5 Å². The molecule has 47 heavy (non-hydrogen) atoms. The minimum Gasteiger partial charge on any atom is -0.323 e. The monoisotopic (exact) mass is 654 g/mol. The Hall–Kier alpha value is -5.23. The molecule has 2 atom stereocenters. The molecule has 2 bridgehead atoms. The molecule has 1 aliphatic rings. The smallest absolute Gasteiger partial charge is 0.323 e. The molecule has 0 radical (unpaired) electrons. The lowest BCUT2D eigenvalue weighted by atomic mass is 9.97. The van der Waals surface area contributed by atoms with Crippen molar-refractivity contribution in [1.29, 1.82) is 0 Å². The third-order valence-electron chi connectivity index (χ3n) is 8.52. The molecule has 0 spiro atoms. The van der Waals surface area contributed by atoms with Gasteiger partial charge in [0.15, 0.2) is 0 Å². The van der Waals surface area contributed by atoms with Gasteiger partial charge in [-0.25, -0.2) is 9.67 Å². The minimum atomic E-state index is -2.94. The molecule has 1 N–H and O–H groups in total. The van der Waals surface area contributed by atoms with Crippen molar-refractivity contribution >= 4 is 34.1 Å². The highest BCUT2D eigenvalue weighted by Crippen LogP contribution is 2.35. The van der Waals surface area contributed by atoms with Crippen LogP contribution in [0.3, 0.4) is 0 Å². The summed E-state index contributed by atoms with van der Waals surface area (Å²) in [6.07, 6.45) is 7.51. The van der Waals surface area contributed by atoms with Gasteiger partial charge in [0, 0.05) is 39.7 Å². The molecule has 0 saturated heterocycles. The highest BCUT2D eigenvalue weighted by Gasteiger charge is 2.26. The van der Waals surface area contributed by atoms with Crippen LogP contribution in [0, 0.1) is 5.92 Å². The molecule has 2 unspecified atom stereocenters. The normalized spacial score (nSPS) is 16.8. The van der Waals surface area contributed by atoms with E-state index < -0.39 is 18.5 Å². The third-order valence-corrected chi connectivity index (χ3v) is 8.74. The Morgan fingerprint density at radius 2 is 1.83 bits per heavy atom. The molecule has 7 rings (SSSR count). The average molecular weight is 655 g/mol. The predicted octanol–water partition coefficient (Wildman–Crippen LogP) is 6.96. The van der Waals surface area contributed by atoms with Crippen molar-refractivity contribution in [3.8, 4) is 22.5 Å². The number of nitrogens with zero attached hydrogens (tertiary/aromatic N) is 7. The van der Waals surface area contributed by atoms with Crippen molar-refractivity contribution in [2.75, 3.05) is 5.32 Å². The van der Waals surface area contributed by atoms with Crippen LogP contribution in [0.4, 0.5) is 14.5 Å². The van der Waals surface area contributed by atoms with E-state index in [1.165, 1.54) is 29.4 Å². The van der Waals surface area contributed by atoms with Crippen LogP contribution < -0.4 is 10.9 Å². The largest absolute Gasteiger partial charge is 0.333 e. The van der Waals surface area contributed by atoms with Crippen molar-refractivity contribution in [3.63, 3.8) is 0 Å². The van der Waals surface area contributed by atoms with E-state index >= 15 is 0 Å². The number of amides is 1. The summed E-state index contributed by atoms with van der Waals surface area (Å²) in [6.45, 7) is -0.639. The quantitative estimate of drug-likeness (QED) is 0.215. The van der Waals surface area contributed by atoms with E-state index in [-0.39, 0.29) is 22.8 Å². The highest BCUT2D eigenvalue weighted by atomic mass is 35.5.